The van der Waals surface area contributed by atoms with Gasteiger partial charge in [0, 0.05) is 18.9 Å². The van der Waals surface area contributed by atoms with E-state index in [0.717, 1.165) is 12.0 Å². The van der Waals surface area contributed by atoms with E-state index in [-0.39, 0.29) is 4.90 Å². The zero-order chi connectivity index (χ0) is 13.9. The Bertz CT molecular complexity index is 647. The maximum Gasteiger partial charge on any atom is 0.265 e. The lowest BCUT2D eigenvalue weighted by atomic mass is 10.1. The van der Waals surface area contributed by atoms with Crippen molar-refractivity contribution in [2.75, 3.05) is 11.3 Å². The number of aromatic nitrogens is 2. The summed E-state index contributed by atoms with van der Waals surface area (Å²) in [5, 5.41) is 3.85. The van der Waals surface area contributed by atoms with Gasteiger partial charge in [0.2, 0.25) is 0 Å². The number of sulfonamides is 1. The van der Waals surface area contributed by atoms with Crippen LogP contribution >= 0.6 is 0 Å². The second kappa shape index (κ2) is 5.41. The highest BCUT2D eigenvalue weighted by molar-refractivity contribution is 7.92. The van der Waals surface area contributed by atoms with Gasteiger partial charge in [-0.15, -0.1) is 0 Å². The summed E-state index contributed by atoms with van der Waals surface area (Å²) < 4.78 is 28.0. The topological polar surface area (TPSA) is 90.0 Å². The van der Waals surface area contributed by atoms with Gasteiger partial charge in [-0.1, -0.05) is 12.1 Å². The lowest BCUT2D eigenvalue weighted by Crippen LogP contribution is -2.12. The molecule has 0 unspecified atom stereocenters. The molecule has 1 aromatic carbocycles. The molecule has 0 radical (unpaired) electrons. The summed E-state index contributed by atoms with van der Waals surface area (Å²) >= 11 is 0. The van der Waals surface area contributed by atoms with Crippen molar-refractivity contribution in [2.45, 2.75) is 11.3 Å². The van der Waals surface area contributed by atoms with Gasteiger partial charge in [-0.3, -0.25) is 9.40 Å². The Hall–Kier alpha value is -1.86. The predicted molar refractivity (Wildman–Crippen MR) is 73.2 cm³/mol. The summed E-state index contributed by atoms with van der Waals surface area (Å²) in [6.45, 7) is 0.570. The molecule has 0 saturated heterocycles. The molecule has 0 spiro atoms. The van der Waals surface area contributed by atoms with Crippen LogP contribution in [0.5, 0.6) is 0 Å². The molecule has 6 nitrogen and oxygen atoms in total. The van der Waals surface area contributed by atoms with Gasteiger partial charge in [-0.2, -0.15) is 5.10 Å². The van der Waals surface area contributed by atoms with Crippen molar-refractivity contribution >= 4 is 15.7 Å². The van der Waals surface area contributed by atoms with Crippen LogP contribution in [0.15, 0.2) is 41.6 Å². The number of benzene rings is 1. The van der Waals surface area contributed by atoms with Crippen molar-refractivity contribution < 1.29 is 8.42 Å². The lowest BCUT2D eigenvalue weighted by molar-refractivity contribution is 0.601. The molecule has 102 valence electrons. The third kappa shape index (κ3) is 3.33. The van der Waals surface area contributed by atoms with Crippen molar-refractivity contribution in [1.82, 2.24) is 9.78 Å². The first-order valence-corrected chi connectivity index (χ1v) is 7.30. The first kappa shape index (κ1) is 13.6. The highest BCUT2D eigenvalue weighted by Crippen LogP contribution is 2.16. The SMILES string of the molecule is Cn1cc(S(=O)(=O)Nc2ccc(CCN)cc2)cn1. The Kier molecular flexibility index (Phi) is 3.87. The van der Waals surface area contributed by atoms with Crippen molar-refractivity contribution in [1.29, 1.82) is 0 Å². The Morgan fingerprint density at radius 2 is 2.00 bits per heavy atom. The van der Waals surface area contributed by atoms with E-state index in [1.807, 2.05) is 12.1 Å². The fourth-order valence-electron chi connectivity index (χ4n) is 1.66. The van der Waals surface area contributed by atoms with Crippen LogP contribution in [0.4, 0.5) is 5.69 Å². The Morgan fingerprint density at radius 3 is 2.53 bits per heavy atom. The molecule has 1 heterocycles. The van der Waals surface area contributed by atoms with E-state index in [2.05, 4.69) is 9.82 Å². The minimum absolute atomic E-state index is 0.140. The summed E-state index contributed by atoms with van der Waals surface area (Å²) in [6.07, 6.45) is 3.53. The third-order valence-corrected chi connectivity index (χ3v) is 3.97. The van der Waals surface area contributed by atoms with E-state index in [1.165, 1.54) is 17.1 Å². The maximum atomic E-state index is 12.0. The molecule has 0 amide bonds. The predicted octanol–water partition coefficient (Wildman–Crippen LogP) is 0.722. The first-order chi connectivity index (χ1) is 9.01. The number of nitrogens with one attached hydrogen (secondary N) is 1. The Labute approximate surface area is 112 Å². The van der Waals surface area contributed by atoms with Crippen molar-refractivity contribution in [3.8, 4) is 0 Å². The van der Waals surface area contributed by atoms with E-state index < -0.39 is 10.0 Å². The van der Waals surface area contributed by atoms with Crippen LogP contribution in [0.3, 0.4) is 0 Å². The summed E-state index contributed by atoms with van der Waals surface area (Å²) in [5.41, 5.74) is 7.05. The molecule has 1 aromatic heterocycles. The summed E-state index contributed by atoms with van der Waals surface area (Å²) in [4.78, 5) is 0.140. The minimum atomic E-state index is -3.58. The van der Waals surface area contributed by atoms with Gasteiger partial charge in [-0.25, -0.2) is 8.42 Å². The second-order valence-electron chi connectivity index (χ2n) is 4.19. The maximum absolute atomic E-state index is 12.0. The molecule has 0 fully saturated rings. The van der Waals surface area contributed by atoms with E-state index >= 15 is 0 Å². The fraction of sp³-hybridized carbons (Fsp3) is 0.250. The van der Waals surface area contributed by atoms with Crippen molar-refractivity contribution in [2.24, 2.45) is 12.8 Å². The molecule has 0 bridgehead atoms. The summed E-state index contributed by atoms with van der Waals surface area (Å²) in [6, 6.07) is 7.15. The van der Waals surface area contributed by atoms with Gasteiger partial charge < -0.3 is 5.73 Å². The van der Waals surface area contributed by atoms with Gasteiger partial charge in [0.1, 0.15) is 4.90 Å². The number of nitrogens with two attached hydrogens (primary N) is 1. The monoisotopic (exact) mass is 280 g/mol. The molecule has 7 heteroatoms. The molecule has 2 aromatic rings. The Morgan fingerprint density at radius 1 is 1.32 bits per heavy atom. The summed E-state index contributed by atoms with van der Waals surface area (Å²) in [7, 11) is -1.91. The largest absolute Gasteiger partial charge is 0.330 e. The fourth-order valence-corrected chi connectivity index (χ4v) is 2.70. The second-order valence-corrected chi connectivity index (χ2v) is 5.87. The molecule has 0 aliphatic carbocycles. The van der Waals surface area contributed by atoms with E-state index in [9.17, 15) is 8.42 Å². The number of hydrogen-bond acceptors (Lipinski definition) is 4. The highest BCUT2D eigenvalue weighted by atomic mass is 32.2. The molecule has 0 aliphatic heterocycles. The number of anilines is 1. The van der Waals surface area contributed by atoms with E-state index in [0.29, 0.717) is 12.2 Å². The van der Waals surface area contributed by atoms with Gasteiger partial charge in [0.25, 0.3) is 10.0 Å². The number of nitrogens with zero attached hydrogens (tertiary/aromatic N) is 2. The number of rotatable bonds is 5. The van der Waals surface area contributed by atoms with Gasteiger partial charge in [0.05, 0.1) is 6.20 Å². The average molecular weight is 280 g/mol. The van der Waals surface area contributed by atoms with Crippen molar-refractivity contribution in [3.05, 3.63) is 42.2 Å². The first-order valence-electron chi connectivity index (χ1n) is 5.82. The van der Waals surface area contributed by atoms with Crippen LogP contribution in [-0.4, -0.2) is 24.7 Å². The summed E-state index contributed by atoms with van der Waals surface area (Å²) in [5.74, 6) is 0. The zero-order valence-corrected chi connectivity index (χ0v) is 11.4. The zero-order valence-electron chi connectivity index (χ0n) is 10.6. The number of aryl methyl sites for hydroxylation is 1. The Balaban J connectivity index is 2.16. The van der Waals surface area contributed by atoms with Crippen LogP contribution < -0.4 is 10.5 Å². The molecule has 2 rings (SSSR count). The van der Waals surface area contributed by atoms with Crippen LogP contribution in [0.1, 0.15) is 5.56 Å². The van der Waals surface area contributed by atoms with Gasteiger partial charge in [0.15, 0.2) is 0 Å². The number of hydrogen-bond donors (Lipinski definition) is 2. The van der Waals surface area contributed by atoms with Gasteiger partial charge >= 0.3 is 0 Å². The smallest absolute Gasteiger partial charge is 0.265 e. The quantitative estimate of drug-likeness (QED) is 0.844. The molecular weight excluding hydrogens is 264 g/mol. The standard InChI is InChI=1S/C12H16N4O2S/c1-16-9-12(8-14-16)19(17,18)15-11-4-2-10(3-5-11)6-7-13/h2-5,8-9,15H,6-7,13H2,1H3. The molecular formula is C12H16N4O2S. The van der Waals surface area contributed by atoms with Crippen LogP contribution in [-0.2, 0) is 23.5 Å². The van der Waals surface area contributed by atoms with Crippen LogP contribution in [0.25, 0.3) is 0 Å². The van der Waals surface area contributed by atoms with Crippen LogP contribution in [0, 0.1) is 0 Å². The minimum Gasteiger partial charge on any atom is -0.330 e. The lowest BCUT2D eigenvalue weighted by Gasteiger charge is -2.07. The van der Waals surface area contributed by atoms with Crippen molar-refractivity contribution in [3.63, 3.8) is 0 Å². The molecule has 0 atom stereocenters. The average Bonchev–Trinajstić information content (AvgIpc) is 2.79. The van der Waals surface area contributed by atoms with Crippen LogP contribution in [0.2, 0.25) is 0 Å². The normalized spacial score (nSPS) is 11.5. The van der Waals surface area contributed by atoms with E-state index in [1.54, 1.807) is 19.2 Å². The van der Waals surface area contributed by atoms with Gasteiger partial charge in [-0.05, 0) is 30.7 Å². The molecule has 19 heavy (non-hydrogen) atoms. The highest BCUT2D eigenvalue weighted by Gasteiger charge is 2.15. The molecule has 3 N–H and O–H groups in total. The third-order valence-electron chi connectivity index (χ3n) is 2.63. The molecule has 0 saturated carbocycles. The van der Waals surface area contributed by atoms with E-state index in [4.69, 9.17) is 5.73 Å². The molecule has 0 aliphatic rings.